The van der Waals surface area contributed by atoms with E-state index in [1.54, 1.807) is 11.3 Å². The first-order valence-corrected chi connectivity index (χ1v) is 9.12. The van der Waals surface area contributed by atoms with Gasteiger partial charge in [-0.2, -0.15) is 0 Å². The maximum Gasteiger partial charge on any atom is 0.217 e. The lowest BCUT2D eigenvalue weighted by Crippen LogP contribution is -2.61. The largest absolute Gasteiger partial charge is 0.469 e. The van der Waals surface area contributed by atoms with Gasteiger partial charge in [0.25, 0.3) is 0 Å². The molecule has 0 aromatic carbocycles. The van der Waals surface area contributed by atoms with Crippen molar-refractivity contribution in [1.29, 1.82) is 0 Å². The number of thiophene rings is 1. The fourth-order valence-corrected chi connectivity index (χ4v) is 5.22. The standard InChI is InChI=1S/C17H17ClN2OS/c18-15-6-13(9-22-15)12-5-11-7-17(21-16(11)19-8-12)10-20-3-1-14(17)2-4-20/h5-6,8-9,14H,1-4,7,10H2. The number of pyridine rings is 1. The van der Waals surface area contributed by atoms with E-state index in [0.717, 1.165) is 34.3 Å². The van der Waals surface area contributed by atoms with E-state index >= 15 is 0 Å². The Bertz CT molecular complexity index is 738. The van der Waals surface area contributed by atoms with Crippen molar-refractivity contribution in [3.05, 3.63) is 33.6 Å². The zero-order valence-corrected chi connectivity index (χ0v) is 13.8. The molecule has 0 N–H and O–H groups in total. The fraction of sp³-hybridized carbons (Fsp3) is 0.471. The summed E-state index contributed by atoms with van der Waals surface area (Å²) in [4.78, 5) is 7.15. The predicted octanol–water partition coefficient (Wildman–Crippen LogP) is 3.86. The van der Waals surface area contributed by atoms with Crippen molar-refractivity contribution in [1.82, 2.24) is 9.88 Å². The van der Waals surface area contributed by atoms with Crippen LogP contribution in [0.5, 0.6) is 5.88 Å². The lowest BCUT2D eigenvalue weighted by Gasteiger charge is -2.50. The highest BCUT2D eigenvalue weighted by molar-refractivity contribution is 7.14. The zero-order chi connectivity index (χ0) is 14.7. The molecule has 2 bridgehead atoms. The molecule has 3 fully saturated rings. The number of fused-ring (bicyclic) bond motifs is 3. The van der Waals surface area contributed by atoms with E-state index in [-0.39, 0.29) is 5.60 Å². The van der Waals surface area contributed by atoms with Crippen molar-refractivity contribution in [3.63, 3.8) is 0 Å². The minimum absolute atomic E-state index is 0.0171. The molecule has 6 rings (SSSR count). The summed E-state index contributed by atoms with van der Waals surface area (Å²) in [5.74, 6) is 1.53. The molecule has 0 amide bonds. The van der Waals surface area contributed by atoms with Crippen molar-refractivity contribution < 1.29 is 4.74 Å². The Hall–Kier alpha value is -1.10. The Balaban J connectivity index is 1.49. The second-order valence-electron chi connectivity index (χ2n) is 6.72. The lowest BCUT2D eigenvalue weighted by atomic mass is 9.73. The first-order chi connectivity index (χ1) is 10.7. The number of halogens is 1. The van der Waals surface area contributed by atoms with E-state index in [1.165, 1.54) is 31.5 Å². The number of aromatic nitrogens is 1. The summed E-state index contributed by atoms with van der Waals surface area (Å²) < 4.78 is 7.21. The third-order valence-electron chi connectivity index (χ3n) is 5.44. The second kappa shape index (κ2) is 4.70. The summed E-state index contributed by atoms with van der Waals surface area (Å²) in [6, 6.07) is 4.25. The Kier molecular flexibility index (Phi) is 2.85. The van der Waals surface area contributed by atoms with Gasteiger partial charge in [-0.3, -0.25) is 4.90 Å². The van der Waals surface area contributed by atoms with Crippen LogP contribution in [0.2, 0.25) is 4.34 Å². The zero-order valence-electron chi connectivity index (χ0n) is 12.2. The highest BCUT2D eigenvalue weighted by Gasteiger charge is 2.52. The number of ether oxygens (including phenoxy) is 1. The van der Waals surface area contributed by atoms with Crippen molar-refractivity contribution in [2.45, 2.75) is 24.9 Å². The molecule has 3 nitrogen and oxygen atoms in total. The van der Waals surface area contributed by atoms with Crippen LogP contribution in [0.15, 0.2) is 23.7 Å². The Labute approximate surface area is 138 Å². The molecule has 4 aliphatic heterocycles. The van der Waals surface area contributed by atoms with Crippen LogP contribution in [-0.2, 0) is 6.42 Å². The van der Waals surface area contributed by atoms with Crippen LogP contribution in [0.25, 0.3) is 11.1 Å². The van der Waals surface area contributed by atoms with Crippen LogP contribution in [0.3, 0.4) is 0 Å². The molecule has 114 valence electrons. The van der Waals surface area contributed by atoms with E-state index < -0.39 is 0 Å². The first kappa shape index (κ1) is 13.3. The second-order valence-corrected chi connectivity index (χ2v) is 8.26. The fourth-order valence-electron chi connectivity index (χ4n) is 4.33. The van der Waals surface area contributed by atoms with Gasteiger partial charge < -0.3 is 4.74 Å². The molecule has 5 heteroatoms. The third kappa shape index (κ3) is 1.94. The Morgan fingerprint density at radius 3 is 2.82 bits per heavy atom. The summed E-state index contributed by atoms with van der Waals surface area (Å²) in [5.41, 5.74) is 3.54. The van der Waals surface area contributed by atoms with Gasteiger partial charge in [0.2, 0.25) is 5.88 Å². The summed E-state index contributed by atoms with van der Waals surface area (Å²) in [5, 5.41) is 2.09. The van der Waals surface area contributed by atoms with Gasteiger partial charge in [0, 0.05) is 41.6 Å². The molecule has 1 unspecified atom stereocenters. The molecule has 1 atom stereocenters. The van der Waals surface area contributed by atoms with Gasteiger partial charge in [-0.25, -0.2) is 4.98 Å². The maximum atomic E-state index is 6.39. The number of hydrogen-bond donors (Lipinski definition) is 0. The topological polar surface area (TPSA) is 25.4 Å². The van der Waals surface area contributed by atoms with Gasteiger partial charge in [0.1, 0.15) is 5.60 Å². The van der Waals surface area contributed by atoms with Crippen LogP contribution in [0, 0.1) is 5.92 Å². The van der Waals surface area contributed by atoms with Crippen molar-refractivity contribution in [2.24, 2.45) is 5.92 Å². The van der Waals surface area contributed by atoms with Crippen molar-refractivity contribution in [2.75, 3.05) is 19.6 Å². The average molecular weight is 333 g/mol. The molecule has 1 spiro atoms. The van der Waals surface area contributed by atoms with E-state index in [9.17, 15) is 0 Å². The van der Waals surface area contributed by atoms with Gasteiger partial charge >= 0.3 is 0 Å². The van der Waals surface area contributed by atoms with Crippen LogP contribution in [0.1, 0.15) is 18.4 Å². The summed E-state index contributed by atoms with van der Waals surface area (Å²) in [7, 11) is 0. The SMILES string of the molecule is Clc1cc(-c2cnc3c(c2)CC2(CN4CCC2CC4)O3)cs1. The summed E-state index contributed by atoms with van der Waals surface area (Å²) in [6.07, 6.45) is 5.45. The molecule has 22 heavy (non-hydrogen) atoms. The minimum Gasteiger partial charge on any atom is -0.469 e. The molecule has 6 heterocycles. The molecule has 0 aliphatic carbocycles. The quantitative estimate of drug-likeness (QED) is 0.793. The molecule has 3 saturated heterocycles. The predicted molar refractivity (Wildman–Crippen MR) is 88.8 cm³/mol. The monoisotopic (exact) mass is 332 g/mol. The summed E-state index contributed by atoms with van der Waals surface area (Å²) in [6.45, 7) is 3.53. The molecular weight excluding hydrogens is 316 g/mol. The number of hydrogen-bond acceptors (Lipinski definition) is 4. The van der Waals surface area contributed by atoms with Gasteiger partial charge in [-0.05, 0) is 43.6 Å². The van der Waals surface area contributed by atoms with Crippen LogP contribution in [0.4, 0.5) is 0 Å². The molecule has 0 saturated carbocycles. The number of rotatable bonds is 1. The van der Waals surface area contributed by atoms with Gasteiger partial charge in [0.05, 0.1) is 4.34 Å². The minimum atomic E-state index is -0.0171. The maximum absolute atomic E-state index is 6.39. The van der Waals surface area contributed by atoms with E-state index in [4.69, 9.17) is 16.3 Å². The first-order valence-electron chi connectivity index (χ1n) is 7.87. The van der Waals surface area contributed by atoms with Crippen LogP contribution < -0.4 is 4.74 Å². The number of nitrogens with zero attached hydrogens (tertiary/aromatic N) is 2. The summed E-state index contributed by atoms with van der Waals surface area (Å²) >= 11 is 7.62. The van der Waals surface area contributed by atoms with E-state index in [0.29, 0.717) is 5.92 Å². The average Bonchev–Trinajstić information content (AvgIpc) is 3.11. The van der Waals surface area contributed by atoms with Gasteiger partial charge in [0.15, 0.2) is 0 Å². The van der Waals surface area contributed by atoms with Crippen molar-refractivity contribution in [3.8, 4) is 17.0 Å². The highest BCUT2D eigenvalue weighted by Crippen LogP contribution is 2.46. The molecule has 0 radical (unpaired) electrons. The third-order valence-corrected chi connectivity index (χ3v) is 6.53. The lowest BCUT2D eigenvalue weighted by molar-refractivity contribution is -0.0814. The highest BCUT2D eigenvalue weighted by atomic mass is 35.5. The smallest absolute Gasteiger partial charge is 0.217 e. The Morgan fingerprint density at radius 1 is 1.27 bits per heavy atom. The van der Waals surface area contributed by atoms with Gasteiger partial charge in [-0.1, -0.05) is 11.6 Å². The number of piperidine rings is 3. The Morgan fingerprint density at radius 2 is 2.14 bits per heavy atom. The van der Waals surface area contributed by atoms with Gasteiger partial charge in [-0.15, -0.1) is 11.3 Å². The normalized spacial score (nSPS) is 32.2. The molecule has 2 aromatic heterocycles. The molecular formula is C17H17ClN2OS. The van der Waals surface area contributed by atoms with E-state index in [2.05, 4.69) is 21.3 Å². The van der Waals surface area contributed by atoms with Crippen LogP contribution in [-0.4, -0.2) is 35.1 Å². The molecule has 4 aliphatic rings. The molecule has 2 aromatic rings. The van der Waals surface area contributed by atoms with E-state index in [1.807, 2.05) is 12.3 Å². The van der Waals surface area contributed by atoms with Crippen LogP contribution >= 0.6 is 22.9 Å². The van der Waals surface area contributed by atoms with Crippen molar-refractivity contribution >= 4 is 22.9 Å².